The van der Waals surface area contributed by atoms with Crippen LogP contribution >= 0.6 is 11.6 Å². The van der Waals surface area contributed by atoms with E-state index < -0.39 is 27.3 Å². The normalized spacial score (nSPS) is 13.7. The van der Waals surface area contributed by atoms with E-state index in [4.69, 9.17) is 11.6 Å². The standard InChI is InChI=1S/C18H18ClNO5S/c1-3-18(17(22)23,12-7-5-4-6-8-12)20-16(21)14-11-13(26(2,24)25)9-10-15(14)19/h4-11H,3H2,1-2H3,(H,20,21)(H,22,23). The number of rotatable bonds is 6. The van der Waals surface area contributed by atoms with Crippen molar-refractivity contribution in [2.24, 2.45) is 0 Å². The summed E-state index contributed by atoms with van der Waals surface area (Å²) in [6.07, 6.45) is 1.09. The van der Waals surface area contributed by atoms with Crippen molar-refractivity contribution in [1.82, 2.24) is 5.32 Å². The Labute approximate surface area is 156 Å². The van der Waals surface area contributed by atoms with Crippen LogP contribution in [0.5, 0.6) is 0 Å². The Balaban J connectivity index is 2.51. The number of halogens is 1. The minimum absolute atomic E-state index is 0.0263. The van der Waals surface area contributed by atoms with Crippen LogP contribution in [0.15, 0.2) is 53.4 Å². The highest BCUT2D eigenvalue weighted by molar-refractivity contribution is 7.90. The number of nitrogens with one attached hydrogen (secondary N) is 1. The molecule has 0 aliphatic rings. The molecule has 0 spiro atoms. The molecule has 1 unspecified atom stereocenters. The predicted octanol–water partition coefficient (Wildman–Crippen LogP) is 2.86. The summed E-state index contributed by atoms with van der Waals surface area (Å²) in [5.74, 6) is -2.00. The molecule has 2 rings (SSSR count). The molecule has 8 heteroatoms. The molecule has 0 fully saturated rings. The molecular weight excluding hydrogens is 378 g/mol. The van der Waals surface area contributed by atoms with Crippen molar-refractivity contribution in [3.05, 3.63) is 64.7 Å². The third-order valence-electron chi connectivity index (χ3n) is 4.10. The van der Waals surface area contributed by atoms with Crippen molar-refractivity contribution in [1.29, 1.82) is 0 Å². The van der Waals surface area contributed by atoms with Crippen LogP contribution < -0.4 is 5.32 Å². The van der Waals surface area contributed by atoms with E-state index in [0.29, 0.717) is 5.56 Å². The maximum atomic E-state index is 12.7. The van der Waals surface area contributed by atoms with E-state index in [1.807, 2.05) is 0 Å². The number of hydrogen-bond acceptors (Lipinski definition) is 4. The van der Waals surface area contributed by atoms with Crippen LogP contribution in [0.1, 0.15) is 29.3 Å². The van der Waals surface area contributed by atoms with Gasteiger partial charge >= 0.3 is 5.97 Å². The highest BCUT2D eigenvalue weighted by Crippen LogP contribution is 2.28. The van der Waals surface area contributed by atoms with Crippen LogP contribution in [0.4, 0.5) is 0 Å². The molecule has 138 valence electrons. The second-order valence-corrected chi connectivity index (χ2v) is 8.22. The van der Waals surface area contributed by atoms with Gasteiger partial charge in [0.2, 0.25) is 0 Å². The van der Waals surface area contributed by atoms with Crippen LogP contribution in [-0.4, -0.2) is 31.7 Å². The quantitative estimate of drug-likeness (QED) is 0.783. The molecule has 0 radical (unpaired) electrons. The Bertz CT molecular complexity index is 943. The molecule has 0 saturated carbocycles. The summed E-state index contributed by atoms with van der Waals surface area (Å²) in [4.78, 5) is 24.7. The first-order valence-corrected chi connectivity index (χ1v) is 10.00. The van der Waals surface area contributed by atoms with Crippen molar-refractivity contribution in [2.75, 3.05) is 6.26 Å². The van der Waals surface area contributed by atoms with Gasteiger partial charge in [0.1, 0.15) is 0 Å². The van der Waals surface area contributed by atoms with Gasteiger partial charge in [0.05, 0.1) is 15.5 Å². The molecule has 1 amide bonds. The summed E-state index contributed by atoms with van der Waals surface area (Å²) in [6.45, 7) is 1.63. The summed E-state index contributed by atoms with van der Waals surface area (Å²) in [5.41, 5.74) is -1.37. The summed E-state index contributed by atoms with van der Waals surface area (Å²) >= 11 is 6.04. The zero-order chi connectivity index (χ0) is 19.5. The molecular formula is C18H18ClNO5S. The molecule has 0 aromatic heterocycles. The first kappa shape index (κ1) is 19.9. The number of carboxylic acids is 1. The van der Waals surface area contributed by atoms with Crippen molar-refractivity contribution in [2.45, 2.75) is 23.8 Å². The van der Waals surface area contributed by atoms with Crippen molar-refractivity contribution in [3.8, 4) is 0 Å². The minimum atomic E-state index is -3.55. The summed E-state index contributed by atoms with van der Waals surface area (Å²) in [5, 5.41) is 12.3. The van der Waals surface area contributed by atoms with Crippen LogP contribution in [0, 0.1) is 0 Å². The number of sulfone groups is 1. The number of amides is 1. The summed E-state index contributed by atoms with van der Waals surface area (Å²) < 4.78 is 23.4. The van der Waals surface area contributed by atoms with Gasteiger partial charge in [-0.3, -0.25) is 4.79 Å². The maximum absolute atomic E-state index is 12.7. The topological polar surface area (TPSA) is 101 Å². The van der Waals surface area contributed by atoms with Gasteiger partial charge in [-0.2, -0.15) is 0 Å². The predicted molar refractivity (Wildman–Crippen MR) is 98.1 cm³/mol. The van der Waals surface area contributed by atoms with Crippen molar-refractivity contribution < 1.29 is 23.1 Å². The second kappa shape index (κ2) is 7.47. The second-order valence-electron chi connectivity index (χ2n) is 5.80. The number of carbonyl (C=O) groups excluding carboxylic acids is 1. The lowest BCUT2D eigenvalue weighted by molar-refractivity contribution is -0.145. The van der Waals surface area contributed by atoms with E-state index in [0.717, 1.165) is 12.3 Å². The molecule has 0 heterocycles. The number of carboxylic acid groups (broad SMARTS) is 1. The molecule has 1 atom stereocenters. The van der Waals surface area contributed by atoms with E-state index in [1.165, 1.54) is 12.1 Å². The first-order valence-electron chi connectivity index (χ1n) is 7.73. The average molecular weight is 396 g/mol. The number of aliphatic carboxylic acids is 1. The van der Waals surface area contributed by atoms with Crippen LogP contribution in [0.2, 0.25) is 5.02 Å². The van der Waals surface area contributed by atoms with E-state index in [-0.39, 0.29) is 21.9 Å². The molecule has 2 N–H and O–H groups in total. The first-order chi connectivity index (χ1) is 12.1. The lowest BCUT2D eigenvalue weighted by atomic mass is 9.87. The third kappa shape index (κ3) is 3.89. The van der Waals surface area contributed by atoms with Crippen LogP contribution in [-0.2, 0) is 20.2 Å². The zero-order valence-electron chi connectivity index (χ0n) is 14.2. The Kier molecular flexibility index (Phi) is 5.73. The van der Waals surface area contributed by atoms with Crippen molar-refractivity contribution in [3.63, 3.8) is 0 Å². The smallest absolute Gasteiger partial charge is 0.334 e. The van der Waals surface area contributed by atoms with E-state index in [1.54, 1.807) is 37.3 Å². The molecule has 0 saturated heterocycles. The van der Waals surface area contributed by atoms with Gasteiger partial charge in [-0.05, 0) is 30.2 Å². The fraction of sp³-hybridized carbons (Fsp3) is 0.222. The summed E-state index contributed by atoms with van der Waals surface area (Å²) in [6, 6.07) is 12.0. The number of carbonyl (C=O) groups is 2. The van der Waals surface area contributed by atoms with Gasteiger partial charge in [-0.15, -0.1) is 0 Å². The number of hydrogen-bond donors (Lipinski definition) is 2. The molecule has 0 aliphatic heterocycles. The molecule has 0 bridgehead atoms. The highest BCUT2D eigenvalue weighted by atomic mass is 35.5. The van der Waals surface area contributed by atoms with Gasteiger partial charge < -0.3 is 10.4 Å². The fourth-order valence-electron chi connectivity index (χ4n) is 2.59. The van der Waals surface area contributed by atoms with Gasteiger partial charge in [-0.1, -0.05) is 48.9 Å². The maximum Gasteiger partial charge on any atom is 0.334 e. The lowest BCUT2D eigenvalue weighted by Crippen LogP contribution is -2.51. The molecule has 0 aliphatic carbocycles. The Morgan fingerprint density at radius 2 is 1.77 bits per heavy atom. The highest BCUT2D eigenvalue weighted by Gasteiger charge is 2.40. The lowest BCUT2D eigenvalue weighted by Gasteiger charge is -2.30. The molecule has 26 heavy (non-hydrogen) atoms. The minimum Gasteiger partial charge on any atom is -0.479 e. The fourth-order valence-corrected chi connectivity index (χ4v) is 3.44. The van der Waals surface area contributed by atoms with Gasteiger partial charge in [0.25, 0.3) is 5.91 Å². The average Bonchev–Trinajstić information content (AvgIpc) is 2.59. The largest absolute Gasteiger partial charge is 0.479 e. The summed E-state index contributed by atoms with van der Waals surface area (Å²) in [7, 11) is -3.55. The van der Waals surface area contributed by atoms with Crippen molar-refractivity contribution >= 4 is 33.3 Å². The Morgan fingerprint density at radius 3 is 2.27 bits per heavy atom. The van der Waals surface area contributed by atoms with Gasteiger partial charge in [-0.25, -0.2) is 13.2 Å². The SMILES string of the molecule is CCC(NC(=O)c1cc(S(C)(=O)=O)ccc1Cl)(C(=O)O)c1ccccc1. The Morgan fingerprint density at radius 1 is 1.15 bits per heavy atom. The van der Waals surface area contributed by atoms with E-state index in [2.05, 4.69) is 5.32 Å². The van der Waals surface area contributed by atoms with Gasteiger partial charge in [0, 0.05) is 6.26 Å². The third-order valence-corrected chi connectivity index (χ3v) is 5.54. The van der Waals surface area contributed by atoms with E-state index in [9.17, 15) is 23.1 Å². The van der Waals surface area contributed by atoms with Gasteiger partial charge in [0.15, 0.2) is 15.4 Å². The zero-order valence-corrected chi connectivity index (χ0v) is 15.8. The number of benzene rings is 2. The Hall–Kier alpha value is -2.38. The van der Waals surface area contributed by atoms with Crippen LogP contribution in [0.25, 0.3) is 0 Å². The molecule has 2 aromatic carbocycles. The molecule has 2 aromatic rings. The van der Waals surface area contributed by atoms with Crippen LogP contribution in [0.3, 0.4) is 0 Å². The monoisotopic (exact) mass is 395 g/mol. The molecule has 6 nitrogen and oxygen atoms in total. The van der Waals surface area contributed by atoms with E-state index >= 15 is 0 Å².